The highest BCUT2D eigenvalue weighted by Gasteiger charge is 2.32. The molecule has 0 bridgehead atoms. The maximum Gasteiger partial charge on any atom is 0.134 e. The molecule has 102 valence electrons. The summed E-state index contributed by atoms with van der Waals surface area (Å²) in [6, 6.07) is 10.2. The molecule has 2 aromatic rings. The minimum Gasteiger partial charge on any atom is -0.460 e. The first-order chi connectivity index (χ1) is 9.30. The lowest BCUT2D eigenvalue weighted by molar-refractivity contribution is 0.106. The summed E-state index contributed by atoms with van der Waals surface area (Å²) in [6.07, 6.45) is 1.09. The second-order valence-corrected chi connectivity index (χ2v) is 5.11. The zero-order valence-corrected chi connectivity index (χ0v) is 11.1. The molecule has 4 heteroatoms. The molecule has 1 fully saturated rings. The minimum absolute atomic E-state index is 0.165. The molecule has 1 aromatic carbocycles. The van der Waals surface area contributed by atoms with Gasteiger partial charge in [-0.3, -0.25) is 4.90 Å². The number of ether oxygens (including phenoxy) is 1. The summed E-state index contributed by atoms with van der Waals surface area (Å²) in [7, 11) is 1.73. The van der Waals surface area contributed by atoms with Gasteiger partial charge < -0.3 is 14.3 Å². The van der Waals surface area contributed by atoms with Crippen molar-refractivity contribution in [3.63, 3.8) is 0 Å². The third-order valence-electron chi connectivity index (χ3n) is 3.87. The number of methoxy groups -OCH3 is 1. The molecule has 2 atom stereocenters. The first-order valence-corrected chi connectivity index (χ1v) is 6.65. The number of benzene rings is 1. The molecule has 19 heavy (non-hydrogen) atoms. The third kappa shape index (κ3) is 2.52. The highest BCUT2D eigenvalue weighted by molar-refractivity contribution is 5.77. The lowest BCUT2D eigenvalue weighted by Crippen LogP contribution is -2.31. The molecular formula is C15H19NO3. The summed E-state index contributed by atoms with van der Waals surface area (Å²) in [5, 5.41) is 10.6. The van der Waals surface area contributed by atoms with Crippen LogP contribution in [0, 0.1) is 0 Å². The predicted molar refractivity (Wildman–Crippen MR) is 72.9 cm³/mol. The molecule has 0 radical (unpaired) electrons. The molecule has 0 amide bonds. The fraction of sp³-hybridized carbons (Fsp3) is 0.467. The van der Waals surface area contributed by atoms with Crippen molar-refractivity contribution in [3.8, 4) is 0 Å². The van der Waals surface area contributed by atoms with Gasteiger partial charge in [0.05, 0.1) is 19.3 Å². The largest absolute Gasteiger partial charge is 0.460 e. The van der Waals surface area contributed by atoms with E-state index in [1.54, 1.807) is 7.11 Å². The van der Waals surface area contributed by atoms with E-state index in [4.69, 9.17) is 9.15 Å². The number of rotatable bonds is 4. The fourth-order valence-corrected chi connectivity index (χ4v) is 2.81. The quantitative estimate of drug-likeness (QED) is 0.914. The van der Waals surface area contributed by atoms with Gasteiger partial charge in [-0.05, 0) is 18.6 Å². The first kappa shape index (κ1) is 12.7. The summed E-state index contributed by atoms with van der Waals surface area (Å²) >= 11 is 0. The molecule has 3 rings (SSSR count). The Morgan fingerprint density at radius 2 is 2.26 bits per heavy atom. The molecular weight excluding hydrogens is 242 g/mol. The standard InChI is InChI=1S/C15H19NO3/c1-18-13-7-12(10-17)16(8-13)9-14-6-11-4-2-3-5-15(11)19-14/h2-6,12-13,17H,7-10H2,1H3/t12-,13+/m0/s1. The van der Waals surface area contributed by atoms with Crippen molar-refractivity contribution < 1.29 is 14.3 Å². The van der Waals surface area contributed by atoms with E-state index in [1.807, 2.05) is 24.3 Å². The van der Waals surface area contributed by atoms with Gasteiger partial charge in [-0.2, -0.15) is 0 Å². The van der Waals surface area contributed by atoms with E-state index in [0.29, 0.717) is 0 Å². The van der Waals surface area contributed by atoms with E-state index in [-0.39, 0.29) is 18.8 Å². The van der Waals surface area contributed by atoms with E-state index >= 15 is 0 Å². The summed E-state index contributed by atoms with van der Waals surface area (Å²) < 4.78 is 11.2. The number of furan rings is 1. The van der Waals surface area contributed by atoms with Crippen LogP contribution in [0.15, 0.2) is 34.7 Å². The monoisotopic (exact) mass is 261 g/mol. The fourth-order valence-electron chi connectivity index (χ4n) is 2.81. The van der Waals surface area contributed by atoms with Crippen molar-refractivity contribution in [1.82, 2.24) is 4.90 Å². The molecule has 2 heterocycles. The van der Waals surface area contributed by atoms with Crippen LogP contribution < -0.4 is 0 Å². The number of fused-ring (bicyclic) bond motifs is 1. The molecule has 0 saturated carbocycles. The number of hydrogen-bond acceptors (Lipinski definition) is 4. The highest BCUT2D eigenvalue weighted by Crippen LogP contribution is 2.25. The van der Waals surface area contributed by atoms with Crippen LogP contribution >= 0.6 is 0 Å². The van der Waals surface area contributed by atoms with Crippen LogP contribution in [-0.2, 0) is 11.3 Å². The normalized spacial score (nSPS) is 24.3. The maximum atomic E-state index is 9.44. The summed E-state index contributed by atoms with van der Waals surface area (Å²) in [6.45, 7) is 1.73. The van der Waals surface area contributed by atoms with Gasteiger partial charge in [0.1, 0.15) is 11.3 Å². The highest BCUT2D eigenvalue weighted by atomic mass is 16.5. The molecule has 1 N–H and O–H groups in total. The molecule has 4 nitrogen and oxygen atoms in total. The molecule has 0 unspecified atom stereocenters. The van der Waals surface area contributed by atoms with Crippen molar-refractivity contribution in [2.24, 2.45) is 0 Å². The number of aliphatic hydroxyl groups excluding tert-OH is 1. The Labute approximate surface area is 112 Å². The summed E-state index contributed by atoms with van der Waals surface area (Å²) in [5.74, 6) is 0.941. The number of para-hydroxylation sites is 1. The average Bonchev–Trinajstić information content (AvgIpc) is 3.01. The van der Waals surface area contributed by atoms with Gasteiger partial charge >= 0.3 is 0 Å². The Morgan fingerprint density at radius 1 is 1.42 bits per heavy atom. The SMILES string of the molecule is CO[C@@H]1C[C@@H](CO)N(Cc2cc3ccccc3o2)C1. The third-order valence-corrected chi connectivity index (χ3v) is 3.87. The first-order valence-electron chi connectivity index (χ1n) is 6.65. The van der Waals surface area contributed by atoms with Crippen molar-refractivity contribution >= 4 is 11.0 Å². The zero-order chi connectivity index (χ0) is 13.2. The van der Waals surface area contributed by atoms with E-state index in [2.05, 4.69) is 11.0 Å². The van der Waals surface area contributed by atoms with Crippen LogP contribution in [0.4, 0.5) is 0 Å². The molecule has 1 aliphatic rings. The Morgan fingerprint density at radius 3 is 3.00 bits per heavy atom. The molecule has 1 aromatic heterocycles. The van der Waals surface area contributed by atoms with Gasteiger partial charge in [-0.1, -0.05) is 18.2 Å². The van der Waals surface area contributed by atoms with Crippen molar-refractivity contribution in [3.05, 3.63) is 36.1 Å². The van der Waals surface area contributed by atoms with Gasteiger partial charge in [0.25, 0.3) is 0 Å². The second-order valence-electron chi connectivity index (χ2n) is 5.11. The average molecular weight is 261 g/mol. The Bertz CT molecular complexity index is 518. The number of aliphatic hydroxyl groups is 1. The summed E-state index contributed by atoms with van der Waals surface area (Å²) in [5.41, 5.74) is 0.917. The van der Waals surface area contributed by atoms with E-state index in [1.165, 1.54) is 0 Å². The van der Waals surface area contributed by atoms with Gasteiger partial charge in [0, 0.05) is 25.1 Å². The minimum atomic E-state index is 0.165. The van der Waals surface area contributed by atoms with Gasteiger partial charge in [0.15, 0.2) is 0 Å². The lowest BCUT2D eigenvalue weighted by Gasteiger charge is -2.20. The molecule has 0 spiro atoms. The molecule has 1 saturated heterocycles. The predicted octanol–water partition coefficient (Wildman–Crippen LogP) is 2.01. The maximum absolute atomic E-state index is 9.44. The lowest BCUT2D eigenvalue weighted by atomic mass is 10.2. The van der Waals surface area contributed by atoms with Gasteiger partial charge in [-0.25, -0.2) is 0 Å². The van der Waals surface area contributed by atoms with Crippen LogP contribution in [0.2, 0.25) is 0 Å². The Kier molecular flexibility index (Phi) is 3.55. The topological polar surface area (TPSA) is 45.8 Å². The number of hydrogen-bond donors (Lipinski definition) is 1. The smallest absolute Gasteiger partial charge is 0.134 e. The van der Waals surface area contributed by atoms with Crippen LogP contribution in [0.25, 0.3) is 11.0 Å². The van der Waals surface area contributed by atoms with Gasteiger partial charge in [0.2, 0.25) is 0 Å². The second kappa shape index (κ2) is 5.33. The van der Waals surface area contributed by atoms with Gasteiger partial charge in [-0.15, -0.1) is 0 Å². The Hall–Kier alpha value is -1.36. The zero-order valence-electron chi connectivity index (χ0n) is 11.1. The van der Waals surface area contributed by atoms with E-state index in [0.717, 1.165) is 36.2 Å². The van der Waals surface area contributed by atoms with Crippen LogP contribution in [0.1, 0.15) is 12.2 Å². The molecule has 0 aliphatic carbocycles. The van der Waals surface area contributed by atoms with Crippen LogP contribution in [0.5, 0.6) is 0 Å². The van der Waals surface area contributed by atoms with E-state index in [9.17, 15) is 5.11 Å². The molecule has 1 aliphatic heterocycles. The van der Waals surface area contributed by atoms with Crippen molar-refractivity contribution in [2.45, 2.75) is 25.1 Å². The van der Waals surface area contributed by atoms with Crippen LogP contribution in [0.3, 0.4) is 0 Å². The Balaban J connectivity index is 1.76. The number of nitrogens with zero attached hydrogens (tertiary/aromatic N) is 1. The summed E-state index contributed by atoms with van der Waals surface area (Å²) in [4.78, 5) is 2.23. The van der Waals surface area contributed by atoms with E-state index < -0.39 is 0 Å². The van der Waals surface area contributed by atoms with Crippen molar-refractivity contribution in [1.29, 1.82) is 0 Å². The van der Waals surface area contributed by atoms with Crippen molar-refractivity contribution in [2.75, 3.05) is 20.3 Å². The number of likely N-dealkylation sites (tertiary alicyclic amines) is 1. The van der Waals surface area contributed by atoms with Crippen LogP contribution in [-0.4, -0.2) is 42.4 Å².